The Labute approximate surface area is 391 Å². The highest BCUT2D eigenvalue weighted by atomic mass is 35.5. The molecule has 0 heterocycles. The lowest BCUT2D eigenvalue weighted by molar-refractivity contribution is -0.515. The summed E-state index contributed by atoms with van der Waals surface area (Å²) >= 11 is 4.65. The Kier molecular flexibility index (Phi) is 30.9. The Morgan fingerprint density at radius 3 is 0.986 bits per heavy atom. The summed E-state index contributed by atoms with van der Waals surface area (Å²) in [4.78, 5) is 63.4. The van der Waals surface area contributed by atoms with Gasteiger partial charge in [-0.3, -0.25) is 0 Å². The molecule has 0 aromatic heterocycles. The molecule has 0 saturated carbocycles. The van der Waals surface area contributed by atoms with Crippen LogP contribution in [0.4, 0.5) is 84.6 Å². The third kappa shape index (κ3) is 33.2. The summed E-state index contributed by atoms with van der Waals surface area (Å²) in [5.41, 5.74) is 0.806. The summed E-state index contributed by atoms with van der Waals surface area (Å²) in [6.07, 6.45) is -51.1. The van der Waals surface area contributed by atoms with Crippen LogP contribution in [0.2, 0.25) is 0 Å². The van der Waals surface area contributed by atoms with Gasteiger partial charge >= 0.3 is 79.3 Å². The maximum absolute atomic E-state index is 13.6. The van der Waals surface area contributed by atoms with E-state index in [2.05, 4.69) is 97.8 Å². The molecular formula is C33H39ClF16O21. The number of ether oxygens (including phenoxy) is 11. The van der Waals surface area contributed by atoms with Gasteiger partial charge in [-0.05, 0) is 20.8 Å². The normalized spacial score (nSPS) is 12.4. The minimum atomic E-state index is -6.45. The van der Waals surface area contributed by atoms with Crippen molar-refractivity contribution >= 4 is 42.3 Å². The minimum absolute atomic E-state index is 0.0293. The van der Waals surface area contributed by atoms with E-state index >= 15 is 0 Å². The van der Waals surface area contributed by atoms with Crippen LogP contribution >= 0.6 is 11.9 Å². The molecule has 0 bridgehead atoms. The van der Waals surface area contributed by atoms with Crippen LogP contribution in [0.25, 0.3) is 0 Å². The van der Waals surface area contributed by atoms with E-state index in [-0.39, 0.29) is 31.0 Å². The maximum Gasteiger partial charge on any atom is 0.527 e. The molecule has 0 aromatic rings. The fourth-order valence-corrected chi connectivity index (χ4v) is 2.67. The lowest BCUT2D eigenvalue weighted by Gasteiger charge is -2.30. The van der Waals surface area contributed by atoms with Crippen molar-refractivity contribution in [2.24, 2.45) is 0 Å². The van der Waals surface area contributed by atoms with Crippen molar-refractivity contribution < 1.29 is 171 Å². The van der Waals surface area contributed by atoms with Gasteiger partial charge in [-0.25, -0.2) is 52.7 Å². The summed E-state index contributed by atoms with van der Waals surface area (Å²) in [6, 6.07) is 0. The van der Waals surface area contributed by atoms with Gasteiger partial charge in [0, 0.05) is 11.1 Å². The molecule has 21 nitrogen and oxygen atoms in total. The molecule has 71 heavy (non-hydrogen) atoms. The lowest BCUT2D eigenvalue weighted by atomic mass is 10.4. The second-order valence-electron chi connectivity index (χ2n) is 12.2. The number of aliphatic hydroxyl groups is 2. The van der Waals surface area contributed by atoms with Crippen LogP contribution in [0.15, 0.2) is 36.5 Å². The van der Waals surface area contributed by atoms with Gasteiger partial charge in [-0.15, -0.1) is 0 Å². The first-order valence-electron chi connectivity index (χ1n) is 17.7. The molecule has 38 heteroatoms. The number of alkyl halides is 16. The predicted molar refractivity (Wildman–Crippen MR) is 189 cm³/mol. The van der Waals surface area contributed by atoms with E-state index in [0.29, 0.717) is 5.57 Å². The van der Waals surface area contributed by atoms with E-state index in [4.69, 9.17) is 10.2 Å². The summed E-state index contributed by atoms with van der Waals surface area (Å²) in [6.45, 7) is 2.15. The van der Waals surface area contributed by atoms with E-state index < -0.39 is 132 Å². The maximum atomic E-state index is 13.6. The zero-order chi connectivity index (χ0) is 56.3. The van der Waals surface area contributed by atoms with E-state index in [9.17, 15) is 94.2 Å². The second-order valence-corrected chi connectivity index (χ2v) is 12.3. The molecule has 0 atom stereocenters. The summed E-state index contributed by atoms with van der Waals surface area (Å²) in [7, 11) is 0. The number of esters is 2. The van der Waals surface area contributed by atoms with Gasteiger partial charge in [0.2, 0.25) is 0 Å². The predicted octanol–water partition coefficient (Wildman–Crippen LogP) is 7.13. The molecule has 0 fully saturated rings. The van der Waals surface area contributed by atoms with Crippen LogP contribution in [-0.4, -0.2) is 162 Å². The SMILES string of the molecule is C=C(C)C(=O)OCCOC(=O)OCl.C=C(C)COOCCOC(=O)OCC(F)(F)OC(F)(F)C(F)(F)OC(F)(F)COC(=O)OCCOC(=O)C(=C)C.OCC(F)(F)OC(F)(F)C(F)(F)OC(F)(F)CO. The monoisotopic (exact) mass is 1110 g/mol. The first-order chi connectivity index (χ1) is 32.1. The number of hydrogen-bond donors (Lipinski definition) is 2. The van der Waals surface area contributed by atoms with Gasteiger partial charge in [-0.1, -0.05) is 25.3 Å². The fourth-order valence-electron chi connectivity index (χ4n) is 2.63. The molecule has 2 N–H and O–H groups in total. The van der Waals surface area contributed by atoms with Crippen LogP contribution in [0.5, 0.6) is 0 Å². The van der Waals surface area contributed by atoms with Crippen LogP contribution < -0.4 is 0 Å². The number of carbonyl (C=O) groups is 5. The van der Waals surface area contributed by atoms with Crippen molar-refractivity contribution in [2.75, 3.05) is 72.7 Å². The smallest absolute Gasteiger partial charge is 0.459 e. The molecule has 0 aromatic carbocycles. The number of carbonyl (C=O) groups excluding carboxylic acids is 5. The molecule has 0 aliphatic rings. The van der Waals surface area contributed by atoms with Crippen LogP contribution in [0, 0.1) is 0 Å². The van der Waals surface area contributed by atoms with E-state index in [0.717, 1.165) is 0 Å². The van der Waals surface area contributed by atoms with Crippen LogP contribution in [-0.2, 0) is 75.8 Å². The third-order valence-corrected chi connectivity index (χ3v) is 5.61. The molecule has 0 amide bonds. The Balaban J connectivity index is -0.00000121. The average molecular weight is 1110 g/mol. The van der Waals surface area contributed by atoms with Crippen molar-refractivity contribution in [1.82, 2.24) is 0 Å². The minimum Gasteiger partial charge on any atom is -0.459 e. The average Bonchev–Trinajstić information content (AvgIpc) is 3.22. The molecular weight excluding hydrogens is 1070 g/mol. The zero-order valence-electron chi connectivity index (χ0n) is 36.0. The summed E-state index contributed by atoms with van der Waals surface area (Å²) in [5.74, 6) is -1.44. The van der Waals surface area contributed by atoms with Gasteiger partial charge in [0.1, 0.15) is 71.3 Å². The largest absolute Gasteiger partial charge is 0.527 e. The Morgan fingerprint density at radius 2 is 0.704 bits per heavy atom. The van der Waals surface area contributed by atoms with E-state index in [1.807, 2.05) is 0 Å². The Bertz CT molecular complexity index is 1700. The third-order valence-electron chi connectivity index (χ3n) is 5.48. The number of hydrogen-bond acceptors (Lipinski definition) is 21. The van der Waals surface area contributed by atoms with Crippen molar-refractivity contribution in [1.29, 1.82) is 0 Å². The first kappa shape index (κ1) is 70.1. The number of rotatable bonds is 30. The van der Waals surface area contributed by atoms with Gasteiger partial charge in [0.15, 0.2) is 13.2 Å². The molecule has 0 rings (SSSR count). The second kappa shape index (κ2) is 31.3. The molecule has 0 unspecified atom stereocenters. The van der Waals surface area contributed by atoms with Gasteiger partial charge < -0.3 is 47.7 Å². The molecule has 0 spiro atoms. The Hall–Kier alpha value is -5.18. The highest BCUT2D eigenvalue weighted by molar-refractivity contribution is 6.12. The first-order valence-corrected chi connectivity index (χ1v) is 18.0. The Morgan fingerprint density at radius 1 is 0.423 bits per heavy atom. The van der Waals surface area contributed by atoms with Gasteiger partial charge in [-0.2, -0.15) is 70.2 Å². The molecule has 416 valence electrons. The standard InChI is InChI=1S/C20H24F8O12.C7H9ClO5.C6H6F8O4/c1-12(2)9-38-37-8-7-34-16(31)36-11-18(23,24)40-20(27,28)19(25,26)39-17(21,22)10-35-15(30)33-6-5-32-14(29)13(3)4;1-5(2)6(9)11-3-4-12-7(10)13-8;7-3(8,1-15)17-5(11,12)6(13,14)18-4(9,10)2-16/h1,3,5-11H2,2,4H3;1,3-4H2,2H3;15-16H,1-2H2. The molecule has 0 saturated heterocycles. The van der Waals surface area contributed by atoms with Gasteiger partial charge in [0.05, 0.1) is 0 Å². The number of aliphatic hydroxyl groups excluding tert-OH is 2. The van der Waals surface area contributed by atoms with Crippen LogP contribution in [0.3, 0.4) is 0 Å². The van der Waals surface area contributed by atoms with Crippen molar-refractivity contribution in [3.05, 3.63) is 36.5 Å². The lowest BCUT2D eigenvalue weighted by Crippen LogP contribution is -2.53. The van der Waals surface area contributed by atoms with Crippen LogP contribution in [0.1, 0.15) is 20.8 Å². The molecule has 0 aliphatic carbocycles. The topological polar surface area (TPSA) is 255 Å². The van der Waals surface area contributed by atoms with Crippen molar-refractivity contribution in [3.8, 4) is 0 Å². The fraction of sp³-hybridized carbons (Fsp3) is 0.667. The van der Waals surface area contributed by atoms with E-state index in [1.54, 1.807) is 6.92 Å². The zero-order valence-corrected chi connectivity index (χ0v) is 36.7. The quantitative estimate of drug-likeness (QED) is 0.0106. The van der Waals surface area contributed by atoms with E-state index in [1.165, 1.54) is 13.8 Å². The molecule has 0 radical (unpaired) electrons. The van der Waals surface area contributed by atoms with Crippen molar-refractivity contribution in [2.45, 2.75) is 69.6 Å². The summed E-state index contributed by atoms with van der Waals surface area (Å²) in [5, 5.41) is 15.6. The summed E-state index contributed by atoms with van der Waals surface area (Å²) < 4.78 is 249. The highest BCUT2D eigenvalue weighted by Gasteiger charge is 2.68. The highest BCUT2D eigenvalue weighted by Crippen LogP contribution is 2.44. The molecule has 0 aliphatic heterocycles. The number of halogens is 17. The van der Waals surface area contributed by atoms with Crippen molar-refractivity contribution in [3.63, 3.8) is 0 Å². The van der Waals surface area contributed by atoms with Gasteiger partial charge in [0.25, 0.3) is 0 Å².